The molecular formula is C27H30O7. The predicted molar refractivity (Wildman–Crippen MR) is 132 cm³/mol. The fourth-order valence-corrected chi connectivity index (χ4v) is 3.69. The van der Waals surface area contributed by atoms with Crippen molar-refractivity contribution < 1.29 is 33.2 Å². The van der Waals surface area contributed by atoms with Crippen LogP contribution in [0.4, 0.5) is 0 Å². The molecule has 0 aromatic heterocycles. The topological polar surface area (TPSA) is 64.6 Å². The second-order valence-electron chi connectivity index (χ2n) is 7.16. The van der Waals surface area contributed by atoms with Gasteiger partial charge in [0.25, 0.3) is 0 Å². The largest absolute Gasteiger partial charge is 0.497 e. The Balaban J connectivity index is 2.29. The van der Waals surface area contributed by atoms with Gasteiger partial charge in [-0.15, -0.1) is 0 Å². The average Bonchev–Trinajstić information content (AvgIpc) is 2.90. The van der Waals surface area contributed by atoms with Crippen LogP contribution in [0.5, 0.6) is 40.2 Å². The van der Waals surface area contributed by atoms with Crippen molar-refractivity contribution in [3.63, 3.8) is 0 Å². The predicted octanol–water partition coefficient (Wildman–Crippen LogP) is 5.34. The van der Waals surface area contributed by atoms with Crippen LogP contribution in [0.1, 0.15) is 16.7 Å². The molecule has 0 aliphatic carbocycles. The maximum atomic E-state index is 5.59. The first-order valence-electron chi connectivity index (χ1n) is 10.5. The summed E-state index contributed by atoms with van der Waals surface area (Å²) in [6.45, 7) is 0. The molecule has 0 aliphatic heterocycles. The van der Waals surface area contributed by atoms with E-state index in [4.69, 9.17) is 33.2 Å². The van der Waals surface area contributed by atoms with Gasteiger partial charge in [0.05, 0.1) is 49.8 Å². The monoisotopic (exact) mass is 466 g/mol. The Bertz CT molecular complexity index is 1100. The molecule has 0 unspecified atom stereocenters. The highest BCUT2D eigenvalue weighted by atomic mass is 16.5. The molecule has 0 heterocycles. The maximum Gasteiger partial charge on any atom is 0.203 e. The van der Waals surface area contributed by atoms with Gasteiger partial charge < -0.3 is 33.2 Å². The zero-order valence-corrected chi connectivity index (χ0v) is 20.6. The number of ether oxygens (including phenoxy) is 7. The standard InChI is InChI=1S/C27H30O7/c1-28-20-10-8-18(9-11-20)21(19-15-24(31-4)27(34-7)25(16-19)32-5)12-17-13-22(29-2)26(33-6)23(14-17)30-3/h8-16H,1-7H3/b21-12+. The van der Waals surface area contributed by atoms with Gasteiger partial charge in [-0.25, -0.2) is 0 Å². The summed E-state index contributed by atoms with van der Waals surface area (Å²) >= 11 is 0. The van der Waals surface area contributed by atoms with Crippen molar-refractivity contribution in [2.24, 2.45) is 0 Å². The molecule has 3 aromatic carbocycles. The minimum Gasteiger partial charge on any atom is -0.497 e. The van der Waals surface area contributed by atoms with E-state index in [1.54, 1.807) is 49.8 Å². The Labute approximate surface area is 200 Å². The van der Waals surface area contributed by atoms with Gasteiger partial charge in [0.15, 0.2) is 23.0 Å². The zero-order chi connectivity index (χ0) is 24.7. The molecule has 0 saturated heterocycles. The third-order valence-corrected chi connectivity index (χ3v) is 5.37. The second kappa shape index (κ2) is 11.2. The Morgan fingerprint density at radius 2 is 0.941 bits per heavy atom. The lowest BCUT2D eigenvalue weighted by molar-refractivity contribution is 0.324. The fourth-order valence-electron chi connectivity index (χ4n) is 3.69. The molecule has 0 amide bonds. The van der Waals surface area contributed by atoms with Crippen LogP contribution in [0.2, 0.25) is 0 Å². The van der Waals surface area contributed by atoms with Crippen LogP contribution in [0.15, 0.2) is 48.5 Å². The van der Waals surface area contributed by atoms with Crippen LogP contribution in [0.3, 0.4) is 0 Å². The first-order chi connectivity index (χ1) is 16.5. The van der Waals surface area contributed by atoms with Crippen molar-refractivity contribution in [2.75, 3.05) is 49.8 Å². The van der Waals surface area contributed by atoms with E-state index in [0.717, 1.165) is 28.0 Å². The van der Waals surface area contributed by atoms with E-state index in [-0.39, 0.29) is 0 Å². The van der Waals surface area contributed by atoms with Gasteiger partial charge in [0, 0.05) is 0 Å². The number of hydrogen-bond donors (Lipinski definition) is 0. The zero-order valence-electron chi connectivity index (χ0n) is 20.6. The molecule has 7 heteroatoms. The van der Waals surface area contributed by atoms with Gasteiger partial charge in [-0.3, -0.25) is 0 Å². The molecule has 3 aromatic rings. The van der Waals surface area contributed by atoms with E-state index in [9.17, 15) is 0 Å². The highest BCUT2D eigenvalue weighted by Crippen LogP contribution is 2.43. The van der Waals surface area contributed by atoms with E-state index in [1.807, 2.05) is 54.6 Å². The Kier molecular flexibility index (Phi) is 8.14. The number of methoxy groups -OCH3 is 7. The molecule has 0 atom stereocenters. The van der Waals surface area contributed by atoms with Gasteiger partial charge in [-0.2, -0.15) is 0 Å². The molecule has 0 N–H and O–H groups in total. The van der Waals surface area contributed by atoms with Crippen molar-refractivity contribution in [3.05, 3.63) is 65.2 Å². The summed E-state index contributed by atoms with van der Waals surface area (Å²) in [4.78, 5) is 0. The molecule has 3 rings (SSSR count). The summed E-state index contributed by atoms with van der Waals surface area (Å²) in [6.07, 6.45) is 2.03. The molecule has 7 nitrogen and oxygen atoms in total. The first-order valence-corrected chi connectivity index (χ1v) is 10.5. The molecule has 0 fully saturated rings. The van der Waals surface area contributed by atoms with Crippen LogP contribution in [0.25, 0.3) is 11.6 Å². The van der Waals surface area contributed by atoms with Crippen molar-refractivity contribution in [2.45, 2.75) is 0 Å². The molecule has 34 heavy (non-hydrogen) atoms. The fraction of sp³-hybridized carbons (Fsp3) is 0.259. The summed E-state index contributed by atoms with van der Waals surface area (Å²) in [5.41, 5.74) is 3.60. The van der Waals surface area contributed by atoms with Crippen LogP contribution in [0, 0.1) is 0 Å². The van der Waals surface area contributed by atoms with Gasteiger partial charge in [-0.1, -0.05) is 12.1 Å². The van der Waals surface area contributed by atoms with Crippen molar-refractivity contribution >= 4 is 11.6 Å². The van der Waals surface area contributed by atoms with Crippen LogP contribution in [-0.4, -0.2) is 49.8 Å². The van der Waals surface area contributed by atoms with Crippen molar-refractivity contribution in [1.82, 2.24) is 0 Å². The minimum absolute atomic E-state index is 0.524. The lowest BCUT2D eigenvalue weighted by Crippen LogP contribution is -1.98. The van der Waals surface area contributed by atoms with Gasteiger partial charge in [0.1, 0.15) is 5.75 Å². The molecular weight excluding hydrogens is 436 g/mol. The van der Waals surface area contributed by atoms with Crippen LogP contribution < -0.4 is 33.2 Å². The molecule has 0 bridgehead atoms. The summed E-state index contributed by atoms with van der Waals surface area (Å²) in [5.74, 6) is 4.05. The number of benzene rings is 3. The molecule has 0 aliphatic rings. The van der Waals surface area contributed by atoms with E-state index in [0.29, 0.717) is 34.5 Å². The van der Waals surface area contributed by atoms with E-state index < -0.39 is 0 Å². The van der Waals surface area contributed by atoms with Gasteiger partial charge in [0.2, 0.25) is 11.5 Å². The first kappa shape index (κ1) is 24.6. The quantitative estimate of drug-likeness (QED) is 0.374. The normalized spacial score (nSPS) is 11.0. The smallest absolute Gasteiger partial charge is 0.203 e. The number of rotatable bonds is 10. The van der Waals surface area contributed by atoms with Crippen molar-refractivity contribution in [1.29, 1.82) is 0 Å². The lowest BCUT2D eigenvalue weighted by Gasteiger charge is -2.17. The second-order valence-corrected chi connectivity index (χ2v) is 7.16. The Morgan fingerprint density at radius 3 is 1.32 bits per heavy atom. The van der Waals surface area contributed by atoms with E-state index >= 15 is 0 Å². The third-order valence-electron chi connectivity index (χ3n) is 5.37. The highest BCUT2D eigenvalue weighted by molar-refractivity contribution is 5.93. The van der Waals surface area contributed by atoms with Crippen LogP contribution >= 0.6 is 0 Å². The van der Waals surface area contributed by atoms with Gasteiger partial charge >= 0.3 is 0 Å². The SMILES string of the molecule is COc1ccc(/C(=C\c2cc(OC)c(OC)c(OC)c2)c2cc(OC)c(OC)c(OC)c2)cc1. The minimum atomic E-state index is 0.524. The van der Waals surface area contributed by atoms with E-state index in [1.165, 1.54) is 0 Å². The summed E-state index contributed by atoms with van der Waals surface area (Å²) in [5, 5.41) is 0. The van der Waals surface area contributed by atoms with Crippen LogP contribution in [-0.2, 0) is 0 Å². The highest BCUT2D eigenvalue weighted by Gasteiger charge is 2.18. The Hall–Kier alpha value is -4.00. The number of hydrogen-bond acceptors (Lipinski definition) is 7. The summed E-state index contributed by atoms with van der Waals surface area (Å²) in [6, 6.07) is 15.4. The van der Waals surface area contributed by atoms with E-state index in [2.05, 4.69) is 0 Å². The third kappa shape index (κ3) is 4.98. The molecule has 0 saturated carbocycles. The van der Waals surface area contributed by atoms with Crippen molar-refractivity contribution in [3.8, 4) is 40.2 Å². The maximum absolute atomic E-state index is 5.59. The average molecular weight is 467 g/mol. The Morgan fingerprint density at radius 1 is 0.500 bits per heavy atom. The molecule has 0 spiro atoms. The summed E-state index contributed by atoms with van der Waals surface area (Å²) in [7, 11) is 11.2. The molecule has 180 valence electrons. The summed E-state index contributed by atoms with van der Waals surface area (Å²) < 4.78 is 38.6. The van der Waals surface area contributed by atoms with Gasteiger partial charge in [-0.05, 0) is 64.7 Å². The lowest BCUT2D eigenvalue weighted by atomic mass is 9.94. The molecule has 0 radical (unpaired) electrons.